The van der Waals surface area contributed by atoms with Crippen LogP contribution in [0.5, 0.6) is 5.75 Å². The third-order valence-electron chi connectivity index (χ3n) is 1.18. The van der Waals surface area contributed by atoms with Gasteiger partial charge in [0.05, 0.1) is 0 Å². The number of esters is 1. The van der Waals surface area contributed by atoms with Crippen LogP contribution in [0, 0.1) is 6.92 Å². The molecule has 0 spiro atoms. The molecule has 0 aliphatic heterocycles. The lowest BCUT2D eigenvalue weighted by Gasteiger charge is -1.98. The van der Waals surface area contributed by atoms with Gasteiger partial charge < -0.3 is 9.15 Å². The van der Waals surface area contributed by atoms with Crippen molar-refractivity contribution in [3.8, 4) is 5.75 Å². The Morgan fingerprint density at radius 1 is 1.58 bits per heavy atom. The lowest BCUT2D eigenvalue weighted by atomic mass is 10.4. The van der Waals surface area contributed by atoms with E-state index in [2.05, 4.69) is 4.74 Å². The first-order valence-electron chi connectivity index (χ1n) is 3.37. The molecule has 0 aliphatic rings. The summed E-state index contributed by atoms with van der Waals surface area (Å²) in [7, 11) is 0. The largest absolute Gasteiger partial charge is 0.465 e. The predicted molar refractivity (Wildman–Crippen MR) is 41.0 cm³/mol. The van der Waals surface area contributed by atoms with Crippen LogP contribution in [0.4, 0.5) is 0 Å². The van der Waals surface area contributed by atoms with Crippen molar-refractivity contribution in [1.82, 2.24) is 0 Å². The molecule has 1 rings (SSSR count). The van der Waals surface area contributed by atoms with E-state index in [9.17, 15) is 9.59 Å². The molecule has 0 bridgehead atoms. The first-order valence-corrected chi connectivity index (χ1v) is 3.37. The van der Waals surface area contributed by atoms with Crippen molar-refractivity contribution in [2.24, 2.45) is 0 Å². The molecule has 1 aromatic rings. The van der Waals surface area contributed by atoms with Gasteiger partial charge in [-0.05, 0) is 6.92 Å². The van der Waals surface area contributed by atoms with Crippen molar-refractivity contribution in [1.29, 1.82) is 0 Å². The molecule has 1 aromatic heterocycles. The molecule has 0 fully saturated rings. The van der Waals surface area contributed by atoms with Crippen LogP contribution in [-0.2, 0) is 4.79 Å². The highest BCUT2D eigenvalue weighted by Crippen LogP contribution is 2.04. The van der Waals surface area contributed by atoms with Crippen LogP contribution in [0.15, 0.2) is 21.5 Å². The highest BCUT2D eigenvalue weighted by molar-refractivity contribution is 5.68. The van der Waals surface area contributed by atoms with Crippen LogP contribution in [0.1, 0.15) is 12.7 Å². The van der Waals surface area contributed by atoms with Gasteiger partial charge in [-0.3, -0.25) is 9.59 Å². The molecule has 1 heterocycles. The second-order valence-electron chi connectivity index (χ2n) is 2.31. The second kappa shape index (κ2) is 3.21. The molecule has 0 aromatic carbocycles. The Balaban J connectivity index is 3.02. The number of hydrogen-bond acceptors (Lipinski definition) is 4. The highest BCUT2D eigenvalue weighted by atomic mass is 16.5. The van der Waals surface area contributed by atoms with Crippen molar-refractivity contribution in [2.45, 2.75) is 13.8 Å². The van der Waals surface area contributed by atoms with Gasteiger partial charge in [0.15, 0.2) is 0 Å². The molecule has 0 N–H and O–H groups in total. The zero-order valence-electron chi connectivity index (χ0n) is 6.79. The monoisotopic (exact) mass is 168 g/mol. The van der Waals surface area contributed by atoms with Gasteiger partial charge in [-0.1, -0.05) is 0 Å². The SMILES string of the molecule is CC(=O)Oc1coc(C)cc1=O. The Morgan fingerprint density at radius 2 is 2.25 bits per heavy atom. The summed E-state index contributed by atoms with van der Waals surface area (Å²) in [6.45, 7) is 2.86. The fourth-order valence-electron chi connectivity index (χ4n) is 0.724. The summed E-state index contributed by atoms with van der Waals surface area (Å²) in [5.74, 6) is -0.129. The third-order valence-corrected chi connectivity index (χ3v) is 1.18. The van der Waals surface area contributed by atoms with Crippen LogP contribution >= 0.6 is 0 Å². The molecule has 0 aliphatic carbocycles. The summed E-state index contributed by atoms with van der Waals surface area (Å²) in [5, 5.41) is 0. The molecule has 0 unspecified atom stereocenters. The van der Waals surface area contributed by atoms with E-state index in [1.54, 1.807) is 6.92 Å². The summed E-state index contributed by atoms with van der Waals surface area (Å²) in [6, 6.07) is 1.26. The summed E-state index contributed by atoms with van der Waals surface area (Å²) in [4.78, 5) is 21.5. The van der Waals surface area contributed by atoms with Crippen molar-refractivity contribution in [2.75, 3.05) is 0 Å². The minimum absolute atomic E-state index is 0.0758. The first-order chi connectivity index (χ1) is 5.59. The van der Waals surface area contributed by atoms with E-state index < -0.39 is 5.97 Å². The topological polar surface area (TPSA) is 56.5 Å². The number of carbonyl (C=O) groups is 1. The van der Waals surface area contributed by atoms with Crippen molar-refractivity contribution >= 4 is 5.97 Å². The van der Waals surface area contributed by atoms with Crippen LogP contribution in [-0.4, -0.2) is 5.97 Å². The Morgan fingerprint density at radius 3 is 2.75 bits per heavy atom. The Bertz CT molecular complexity index is 350. The van der Waals surface area contributed by atoms with Gasteiger partial charge in [0.2, 0.25) is 11.2 Å². The molecule has 4 nitrogen and oxygen atoms in total. The standard InChI is InChI=1S/C8H8O4/c1-5-3-7(10)8(4-11-5)12-6(2)9/h3-4H,1-2H3. The fraction of sp³-hybridized carbons (Fsp3) is 0.250. The predicted octanol–water partition coefficient (Wildman–Crippen LogP) is 0.874. The van der Waals surface area contributed by atoms with Crippen molar-refractivity contribution < 1.29 is 13.9 Å². The van der Waals surface area contributed by atoms with Crippen LogP contribution < -0.4 is 10.2 Å². The molecule has 64 valence electrons. The summed E-state index contributed by atoms with van der Waals surface area (Å²) in [6.07, 6.45) is 1.12. The number of aryl methyl sites for hydroxylation is 1. The lowest BCUT2D eigenvalue weighted by Crippen LogP contribution is -2.10. The molecular formula is C8H8O4. The number of hydrogen-bond donors (Lipinski definition) is 0. The van der Waals surface area contributed by atoms with Crippen molar-refractivity contribution in [3.05, 3.63) is 28.3 Å². The van der Waals surface area contributed by atoms with E-state index in [1.807, 2.05) is 0 Å². The van der Waals surface area contributed by atoms with Crippen LogP contribution in [0.2, 0.25) is 0 Å². The van der Waals surface area contributed by atoms with E-state index in [0.717, 1.165) is 6.26 Å². The first kappa shape index (κ1) is 8.52. The molecule has 4 heteroatoms. The van der Waals surface area contributed by atoms with Crippen LogP contribution in [0.3, 0.4) is 0 Å². The quantitative estimate of drug-likeness (QED) is 0.584. The van der Waals surface area contributed by atoms with Gasteiger partial charge in [-0.15, -0.1) is 0 Å². The van der Waals surface area contributed by atoms with E-state index in [-0.39, 0.29) is 11.2 Å². The highest BCUT2D eigenvalue weighted by Gasteiger charge is 2.03. The summed E-state index contributed by atoms with van der Waals surface area (Å²) in [5.41, 5.74) is -0.353. The lowest BCUT2D eigenvalue weighted by molar-refractivity contribution is -0.132. The Labute approximate surface area is 68.8 Å². The van der Waals surface area contributed by atoms with Crippen LogP contribution in [0.25, 0.3) is 0 Å². The Kier molecular flexibility index (Phi) is 2.28. The molecule has 0 amide bonds. The third kappa shape index (κ3) is 1.95. The van der Waals surface area contributed by atoms with E-state index in [4.69, 9.17) is 4.42 Å². The molecule has 0 radical (unpaired) electrons. The van der Waals surface area contributed by atoms with E-state index in [0.29, 0.717) is 5.76 Å². The zero-order valence-corrected chi connectivity index (χ0v) is 6.79. The maximum absolute atomic E-state index is 11.0. The molecule has 0 saturated heterocycles. The summed E-state index contributed by atoms with van der Waals surface area (Å²) < 4.78 is 9.42. The average Bonchev–Trinajstić information content (AvgIpc) is 1.94. The maximum Gasteiger partial charge on any atom is 0.308 e. The molecule has 0 atom stereocenters. The zero-order chi connectivity index (χ0) is 9.14. The number of carbonyl (C=O) groups excluding carboxylic acids is 1. The average molecular weight is 168 g/mol. The molecular weight excluding hydrogens is 160 g/mol. The summed E-state index contributed by atoms with van der Waals surface area (Å²) >= 11 is 0. The van der Waals surface area contributed by atoms with Gasteiger partial charge in [0.25, 0.3) is 0 Å². The van der Waals surface area contributed by atoms with Gasteiger partial charge >= 0.3 is 5.97 Å². The second-order valence-corrected chi connectivity index (χ2v) is 2.31. The fourth-order valence-corrected chi connectivity index (χ4v) is 0.724. The van der Waals surface area contributed by atoms with E-state index in [1.165, 1.54) is 13.0 Å². The van der Waals surface area contributed by atoms with Gasteiger partial charge in [0, 0.05) is 13.0 Å². The maximum atomic E-state index is 11.0. The minimum Gasteiger partial charge on any atom is -0.465 e. The van der Waals surface area contributed by atoms with E-state index >= 15 is 0 Å². The molecule has 0 saturated carbocycles. The van der Waals surface area contributed by atoms with Gasteiger partial charge in [0.1, 0.15) is 12.0 Å². The smallest absolute Gasteiger partial charge is 0.308 e. The number of ether oxygens (including phenoxy) is 1. The van der Waals surface area contributed by atoms with Crippen molar-refractivity contribution in [3.63, 3.8) is 0 Å². The van der Waals surface area contributed by atoms with Gasteiger partial charge in [-0.2, -0.15) is 0 Å². The molecule has 12 heavy (non-hydrogen) atoms. The number of rotatable bonds is 1. The Hall–Kier alpha value is -1.58. The normalized spacial score (nSPS) is 9.50. The van der Waals surface area contributed by atoms with Gasteiger partial charge in [-0.25, -0.2) is 0 Å². The minimum atomic E-state index is -0.536.